The van der Waals surface area contributed by atoms with Crippen molar-refractivity contribution < 1.29 is 19.4 Å². The molecule has 0 aromatic rings. The van der Waals surface area contributed by atoms with Crippen LogP contribution in [0.2, 0.25) is 0 Å². The van der Waals surface area contributed by atoms with E-state index >= 15 is 0 Å². The van der Waals surface area contributed by atoms with Gasteiger partial charge in [-0.15, -0.1) is 0 Å². The van der Waals surface area contributed by atoms with Gasteiger partial charge in [0.05, 0.1) is 0 Å². The van der Waals surface area contributed by atoms with Gasteiger partial charge in [-0.3, -0.25) is 14.9 Å². The van der Waals surface area contributed by atoms with Gasteiger partial charge in [0, 0.05) is 12.3 Å². The zero-order valence-electron chi connectivity index (χ0n) is 9.81. The number of carbonyl (C=O) groups excluding carboxylic acids is 1. The van der Waals surface area contributed by atoms with Crippen LogP contribution in [0.15, 0.2) is 0 Å². The summed E-state index contributed by atoms with van der Waals surface area (Å²) in [6, 6.07) is -1.31. The van der Waals surface area contributed by atoms with Gasteiger partial charge in [0.2, 0.25) is 0 Å². The van der Waals surface area contributed by atoms with Crippen molar-refractivity contribution in [2.45, 2.75) is 50.4 Å². The zero-order valence-corrected chi connectivity index (χ0v) is 9.81. The number of aliphatic carboxylic acids is 1. The maximum absolute atomic E-state index is 11.6. The standard InChI is InChI=1S/C11H18N2O4/c1-6(12)10(16)17-11-4-2-3-7(11)5-8(13-11)9(14)15/h6-8,13H,2-5,12H2,1H3,(H,14,15). The van der Waals surface area contributed by atoms with Crippen molar-refractivity contribution in [1.29, 1.82) is 0 Å². The number of fused-ring (bicyclic) bond motifs is 1. The van der Waals surface area contributed by atoms with Gasteiger partial charge in [-0.2, -0.15) is 0 Å². The summed E-state index contributed by atoms with van der Waals surface area (Å²) < 4.78 is 5.43. The molecule has 2 rings (SSSR count). The normalized spacial score (nSPS) is 37.5. The summed E-state index contributed by atoms with van der Waals surface area (Å²) in [7, 11) is 0. The second-order valence-corrected chi connectivity index (χ2v) is 4.96. The number of nitrogens with one attached hydrogen (secondary N) is 1. The fraction of sp³-hybridized carbons (Fsp3) is 0.818. The van der Waals surface area contributed by atoms with Crippen LogP contribution in [0.4, 0.5) is 0 Å². The molecule has 1 heterocycles. The molecule has 0 aromatic heterocycles. The lowest BCUT2D eigenvalue weighted by Gasteiger charge is -2.30. The van der Waals surface area contributed by atoms with Crippen LogP contribution in [0.1, 0.15) is 32.6 Å². The molecule has 96 valence electrons. The maximum Gasteiger partial charge on any atom is 0.324 e. The van der Waals surface area contributed by atoms with Crippen molar-refractivity contribution in [3.8, 4) is 0 Å². The van der Waals surface area contributed by atoms with Gasteiger partial charge in [0.1, 0.15) is 12.1 Å². The first-order chi connectivity index (χ1) is 7.94. The van der Waals surface area contributed by atoms with E-state index in [1.54, 1.807) is 6.92 Å². The number of rotatable bonds is 3. The molecule has 1 saturated heterocycles. The van der Waals surface area contributed by atoms with E-state index in [1.165, 1.54) is 0 Å². The fourth-order valence-electron chi connectivity index (χ4n) is 2.78. The Morgan fingerprint density at radius 3 is 2.88 bits per heavy atom. The number of nitrogens with two attached hydrogens (primary N) is 1. The lowest BCUT2D eigenvalue weighted by atomic mass is 9.99. The zero-order chi connectivity index (χ0) is 12.6. The molecule has 0 bridgehead atoms. The first-order valence-electron chi connectivity index (χ1n) is 5.93. The van der Waals surface area contributed by atoms with Gasteiger partial charge in [0.15, 0.2) is 5.72 Å². The molecule has 0 spiro atoms. The largest absolute Gasteiger partial charge is 0.480 e. The van der Waals surface area contributed by atoms with Crippen molar-refractivity contribution in [3.05, 3.63) is 0 Å². The molecule has 0 amide bonds. The number of carboxylic acid groups (broad SMARTS) is 1. The molecule has 6 heteroatoms. The molecule has 6 nitrogen and oxygen atoms in total. The maximum atomic E-state index is 11.6. The van der Waals surface area contributed by atoms with E-state index in [0.29, 0.717) is 12.8 Å². The number of esters is 1. The Labute approximate surface area is 99.5 Å². The van der Waals surface area contributed by atoms with Crippen LogP contribution in [0.3, 0.4) is 0 Å². The van der Waals surface area contributed by atoms with E-state index in [4.69, 9.17) is 15.6 Å². The smallest absolute Gasteiger partial charge is 0.324 e. The van der Waals surface area contributed by atoms with E-state index in [2.05, 4.69) is 5.32 Å². The highest BCUT2D eigenvalue weighted by molar-refractivity contribution is 5.76. The summed E-state index contributed by atoms with van der Waals surface area (Å²) in [5, 5.41) is 12.0. The summed E-state index contributed by atoms with van der Waals surface area (Å²) in [5.41, 5.74) is 4.67. The molecule has 4 atom stereocenters. The highest BCUT2D eigenvalue weighted by Gasteiger charge is 2.54. The topological polar surface area (TPSA) is 102 Å². The van der Waals surface area contributed by atoms with Crippen LogP contribution >= 0.6 is 0 Å². The Bertz CT molecular complexity index is 344. The number of hydrogen-bond acceptors (Lipinski definition) is 5. The van der Waals surface area contributed by atoms with Gasteiger partial charge in [-0.05, 0) is 26.2 Å². The van der Waals surface area contributed by atoms with Gasteiger partial charge < -0.3 is 15.6 Å². The molecule has 4 unspecified atom stereocenters. The summed E-state index contributed by atoms with van der Waals surface area (Å²) in [4.78, 5) is 22.5. The van der Waals surface area contributed by atoms with Crippen molar-refractivity contribution in [1.82, 2.24) is 5.32 Å². The molecule has 0 radical (unpaired) electrons. The third-order valence-corrected chi connectivity index (χ3v) is 3.65. The molecule has 1 aliphatic carbocycles. The molecular weight excluding hydrogens is 224 g/mol. The van der Waals surface area contributed by atoms with E-state index in [9.17, 15) is 9.59 Å². The summed E-state index contributed by atoms with van der Waals surface area (Å²) in [6.45, 7) is 1.56. The first kappa shape index (κ1) is 12.3. The van der Waals surface area contributed by atoms with E-state index in [1.807, 2.05) is 0 Å². The minimum absolute atomic E-state index is 0.0892. The highest BCUT2D eigenvalue weighted by atomic mass is 16.6. The van der Waals surface area contributed by atoms with E-state index in [-0.39, 0.29) is 5.92 Å². The second-order valence-electron chi connectivity index (χ2n) is 4.96. The van der Waals surface area contributed by atoms with E-state index in [0.717, 1.165) is 12.8 Å². The van der Waals surface area contributed by atoms with Gasteiger partial charge in [0.25, 0.3) is 0 Å². The van der Waals surface area contributed by atoms with Crippen LogP contribution in [0.25, 0.3) is 0 Å². The second kappa shape index (κ2) is 4.27. The van der Waals surface area contributed by atoms with Crippen molar-refractivity contribution >= 4 is 11.9 Å². The average Bonchev–Trinajstić information content (AvgIpc) is 2.73. The van der Waals surface area contributed by atoms with Crippen molar-refractivity contribution in [3.63, 3.8) is 0 Å². The SMILES string of the molecule is CC(N)C(=O)OC12CCCC1CC(C(=O)O)N2. The predicted molar refractivity (Wildman–Crippen MR) is 59.0 cm³/mol. The van der Waals surface area contributed by atoms with Gasteiger partial charge in [-0.1, -0.05) is 0 Å². The minimum atomic E-state index is -0.893. The lowest BCUT2D eigenvalue weighted by Crippen LogP contribution is -2.51. The molecule has 17 heavy (non-hydrogen) atoms. The molecule has 1 aliphatic heterocycles. The summed E-state index contributed by atoms with van der Waals surface area (Å²) in [6.07, 6.45) is 3.01. The average molecular weight is 242 g/mol. The predicted octanol–water partition coefficient (Wildman–Crippen LogP) is -0.180. The molecule has 1 saturated carbocycles. The van der Waals surface area contributed by atoms with Crippen LogP contribution < -0.4 is 11.1 Å². The fourth-order valence-corrected chi connectivity index (χ4v) is 2.78. The Hall–Kier alpha value is -1.14. The number of hydrogen-bond donors (Lipinski definition) is 3. The molecule has 2 fully saturated rings. The molecule has 2 aliphatic rings. The monoisotopic (exact) mass is 242 g/mol. The Morgan fingerprint density at radius 2 is 2.29 bits per heavy atom. The number of ether oxygens (including phenoxy) is 1. The molecule has 4 N–H and O–H groups in total. The third kappa shape index (κ3) is 2.14. The summed E-state index contributed by atoms with van der Waals surface area (Å²) in [5.74, 6) is -1.28. The Balaban J connectivity index is 2.11. The Morgan fingerprint density at radius 1 is 1.59 bits per heavy atom. The van der Waals surface area contributed by atoms with Gasteiger partial charge in [-0.25, -0.2) is 0 Å². The van der Waals surface area contributed by atoms with Gasteiger partial charge >= 0.3 is 11.9 Å². The van der Waals surface area contributed by atoms with E-state index < -0.39 is 29.7 Å². The first-order valence-corrected chi connectivity index (χ1v) is 5.93. The van der Waals surface area contributed by atoms with Crippen LogP contribution in [-0.4, -0.2) is 34.9 Å². The van der Waals surface area contributed by atoms with Crippen LogP contribution in [-0.2, 0) is 14.3 Å². The van der Waals surface area contributed by atoms with Crippen molar-refractivity contribution in [2.24, 2.45) is 11.7 Å². The summed E-state index contributed by atoms with van der Waals surface area (Å²) >= 11 is 0. The van der Waals surface area contributed by atoms with Crippen LogP contribution in [0, 0.1) is 5.92 Å². The number of carbonyl (C=O) groups is 2. The minimum Gasteiger partial charge on any atom is -0.480 e. The van der Waals surface area contributed by atoms with Crippen molar-refractivity contribution in [2.75, 3.05) is 0 Å². The number of carboxylic acids is 1. The molecular formula is C11H18N2O4. The molecule has 0 aromatic carbocycles. The quantitative estimate of drug-likeness (QED) is 0.593. The lowest BCUT2D eigenvalue weighted by molar-refractivity contribution is -0.167. The highest BCUT2D eigenvalue weighted by Crippen LogP contribution is 2.44. The Kier molecular flexibility index (Phi) is 3.09. The third-order valence-electron chi connectivity index (χ3n) is 3.65. The van der Waals surface area contributed by atoms with Crippen LogP contribution in [0.5, 0.6) is 0 Å².